The van der Waals surface area contributed by atoms with Crippen molar-refractivity contribution in [2.45, 2.75) is 63.2 Å². The molecule has 0 bridgehead atoms. The van der Waals surface area contributed by atoms with Gasteiger partial charge in [-0.15, -0.1) is 0 Å². The Morgan fingerprint density at radius 2 is 2.09 bits per heavy atom. The molecule has 0 saturated heterocycles. The molecule has 0 aliphatic heterocycles. The highest BCUT2D eigenvalue weighted by Crippen LogP contribution is 2.40. The summed E-state index contributed by atoms with van der Waals surface area (Å²) in [4.78, 5) is 23.9. The first kappa shape index (κ1) is 14.0. The molecule has 0 radical (unpaired) electrons. The Labute approximate surface area is 128 Å². The summed E-state index contributed by atoms with van der Waals surface area (Å²) in [5, 5.41) is 2.85. The lowest BCUT2D eigenvalue weighted by atomic mass is 9.91. The average Bonchev–Trinajstić information content (AvgIpc) is 3.40. The highest BCUT2D eigenvalue weighted by atomic mass is 19.1. The summed E-state index contributed by atoms with van der Waals surface area (Å²) in [7, 11) is 0. The van der Waals surface area contributed by atoms with Gasteiger partial charge in [0.1, 0.15) is 0 Å². The Morgan fingerprint density at radius 3 is 2.77 bits per heavy atom. The van der Waals surface area contributed by atoms with E-state index in [1.807, 2.05) is 10.6 Å². The quantitative estimate of drug-likeness (QED) is 0.921. The van der Waals surface area contributed by atoms with Gasteiger partial charge in [-0.25, -0.2) is 4.39 Å². The van der Waals surface area contributed by atoms with E-state index in [4.69, 9.17) is 0 Å². The molecule has 4 nitrogen and oxygen atoms in total. The van der Waals surface area contributed by atoms with Gasteiger partial charge in [-0.05, 0) is 56.4 Å². The van der Waals surface area contributed by atoms with Crippen LogP contribution in [0.1, 0.15) is 43.4 Å². The van der Waals surface area contributed by atoms with Gasteiger partial charge < -0.3 is 9.88 Å². The SMILES string of the molecule is O=C(N[C@H]1CCc2c(ccc(=O)n2CC2CC2)C1)C1(F)CC1. The molecule has 0 aromatic carbocycles. The van der Waals surface area contributed by atoms with Crippen molar-refractivity contribution < 1.29 is 9.18 Å². The van der Waals surface area contributed by atoms with Gasteiger partial charge in [0.05, 0.1) is 0 Å². The number of pyridine rings is 1. The van der Waals surface area contributed by atoms with E-state index in [0.717, 1.165) is 30.6 Å². The zero-order chi connectivity index (χ0) is 15.3. The maximum Gasteiger partial charge on any atom is 0.257 e. The summed E-state index contributed by atoms with van der Waals surface area (Å²) in [6, 6.07) is 3.49. The second-order valence-corrected chi connectivity index (χ2v) is 7.08. The molecule has 5 heteroatoms. The van der Waals surface area contributed by atoms with E-state index in [9.17, 15) is 14.0 Å². The standard InChI is InChI=1S/C17H21FN2O2/c18-17(7-8-17)16(22)19-13-4-5-14-12(9-13)3-6-15(21)20(14)10-11-1-2-11/h3,6,11,13H,1-2,4-5,7-10H2,(H,19,22)/t13-/m0/s1. The smallest absolute Gasteiger partial charge is 0.257 e. The molecule has 1 N–H and O–H groups in total. The van der Waals surface area contributed by atoms with Gasteiger partial charge in [0.25, 0.3) is 11.5 Å². The van der Waals surface area contributed by atoms with Crippen LogP contribution in [-0.4, -0.2) is 22.2 Å². The lowest BCUT2D eigenvalue weighted by Gasteiger charge is -2.28. The summed E-state index contributed by atoms with van der Waals surface area (Å²) in [6.07, 6.45) is 5.39. The number of fused-ring (bicyclic) bond motifs is 1. The lowest BCUT2D eigenvalue weighted by Crippen LogP contribution is -2.44. The molecule has 1 heterocycles. The summed E-state index contributed by atoms with van der Waals surface area (Å²) in [6.45, 7) is 0.826. The molecule has 0 spiro atoms. The number of nitrogens with zero attached hydrogens (tertiary/aromatic N) is 1. The fourth-order valence-electron chi connectivity index (χ4n) is 3.36. The van der Waals surface area contributed by atoms with Gasteiger partial charge in [0.15, 0.2) is 5.67 Å². The van der Waals surface area contributed by atoms with Crippen LogP contribution in [0.25, 0.3) is 0 Å². The zero-order valence-electron chi connectivity index (χ0n) is 12.6. The molecule has 2 saturated carbocycles. The van der Waals surface area contributed by atoms with Gasteiger partial charge >= 0.3 is 0 Å². The highest BCUT2D eigenvalue weighted by Gasteiger charge is 2.51. The van der Waals surface area contributed by atoms with Crippen LogP contribution in [0.3, 0.4) is 0 Å². The number of rotatable bonds is 4. The number of hydrogen-bond donors (Lipinski definition) is 1. The van der Waals surface area contributed by atoms with Gasteiger partial charge in [0, 0.05) is 24.3 Å². The lowest BCUT2D eigenvalue weighted by molar-refractivity contribution is -0.128. The summed E-state index contributed by atoms with van der Waals surface area (Å²) in [5.41, 5.74) is 0.714. The van der Waals surface area contributed by atoms with Gasteiger partial charge in [-0.2, -0.15) is 0 Å². The van der Waals surface area contributed by atoms with Crippen molar-refractivity contribution in [2.24, 2.45) is 5.92 Å². The van der Waals surface area contributed by atoms with E-state index in [1.165, 1.54) is 12.8 Å². The van der Waals surface area contributed by atoms with E-state index >= 15 is 0 Å². The Bertz CT molecular complexity index is 674. The molecule has 2 fully saturated rings. The fourth-order valence-corrected chi connectivity index (χ4v) is 3.36. The minimum Gasteiger partial charge on any atom is -0.350 e. The van der Waals surface area contributed by atoms with E-state index in [0.29, 0.717) is 25.2 Å². The largest absolute Gasteiger partial charge is 0.350 e. The normalized spacial score (nSPS) is 25.4. The van der Waals surface area contributed by atoms with Crippen LogP contribution in [0.5, 0.6) is 0 Å². The van der Waals surface area contributed by atoms with E-state index < -0.39 is 11.6 Å². The van der Waals surface area contributed by atoms with Crippen molar-refractivity contribution in [3.8, 4) is 0 Å². The molecule has 1 aromatic rings. The van der Waals surface area contributed by atoms with E-state index in [-0.39, 0.29) is 11.6 Å². The molecule has 1 aromatic heterocycles. The van der Waals surface area contributed by atoms with Gasteiger partial charge in [0.2, 0.25) is 0 Å². The number of halogens is 1. The average molecular weight is 304 g/mol. The van der Waals surface area contributed by atoms with Crippen molar-refractivity contribution in [1.82, 2.24) is 9.88 Å². The van der Waals surface area contributed by atoms with E-state index in [2.05, 4.69) is 5.32 Å². The first-order valence-electron chi connectivity index (χ1n) is 8.27. The number of amides is 1. The van der Waals surface area contributed by atoms with Crippen LogP contribution >= 0.6 is 0 Å². The van der Waals surface area contributed by atoms with Crippen molar-refractivity contribution >= 4 is 5.91 Å². The summed E-state index contributed by atoms with van der Waals surface area (Å²) >= 11 is 0. The summed E-state index contributed by atoms with van der Waals surface area (Å²) < 4.78 is 15.7. The monoisotopic (exact) mass is 304 g/mol. The number of carbonyl (C=O) groups excluding carboxylic acids is 1. The third-order valence-electron chi connectivity index (χ3n) is 5.15. The number of alkyl halides is 1. The van der Waals surface area contributed by atoms with Crippen LogP contribution < -0.4 is 10.9 Å². The van der Waals surface area contributed by atoms with Crippen LogP contribution in [0, 0.1) is 5.92 Å². The number of hydrogen-bond acceptors (Lipinski definition) is 2. The molecule has 1 amide bonds. The number of aromatic nitrogens is 1. The highest BCUT2D eigenvalue weighted by molar-refractivity contribution is 5.88. The first-order chi connectivity index (χ1) is 10.5. The molecular formula is C17H21FN2O2. The Balaban J connectivity index is 1.51. The summed E-state index contributed by atoms with van der Waals surface area (Å²) in [5.74, 6) is 0.204. The zero-order valence-corrected chi connectivity index (χ0v) is 12.6. The maximum absolute atomic E-state index is 13.8. The molecule has 0 unspecified atom stereocenters. The van der Waals surface area contributed by atoms with E-state index in [1.54, 1.807) is 6.07 Å². The predicted octanol–water partition coefficient (Wildman–Crippen LogP) is 1.73. The van der Waals surface area contributed by atoms with Crippen molar-refractivity contribution in [3.05, 3.63) is 33.7 Å². The Kier molecular flexibility index (Phi) is 3.13. The van der Waals surface area contributed by atoms with Gasteiger partial charge in [-0.1, -0.05) is 6.07 Å². The molecule has 3 aliphatic carbocycles. The number of nitrogens with one attached hydrogen (secondary N) is 1. The molecular weight excluding hydrogens is 283 g/mol. The predicted molar refractivity (Wildman–Crippen MR) is 80.5 cm³/mol. The Morgan fingerprint density at radius 1 is 1.32 bits per heavy atom. The molecule has 22 heavy (non-hydrogen) atoms. The minimum atomic E-state index is -1.61. The van der Waals surface area contributed by atoms with Crippen LogP contribution in [-0.2, 0) is 24.2 Å². The second-order valence-electron chi connectivity index (χ2n) is 7.08. The van der Waals surface area contributed by atoms with Crippen LogP contribution in [0.15, 0.2) is 16.9 Å². The van der Waals surface area contributed by atoms with Crippen molar-refractivity contribution in [1.29, 1.82) is 0 Å². The minimum absolute atomic E-state index is 0.0138. The Hall–Kier alpha value is -1.65. The topological polar surface area (TPSA) is 51.1 Å². The molecule has 4 rings (SSSR count). The maximum atomic E-state index is 13.8. The third kappa shape index (κ3) is 2.57. The number of carbonyl (C=O) groups is 1. The second kappa shape index (κ2) is 4.93. The molecule has 3 aliphatic rings. The van der Waals surface area contributed by atoms with Crippen molar-refractivity contribution in [2.75, 3.05) is 0 Å². The van der Waals surface area contributed by atoms with Crippen LogP contribution in [0.4, 0.5) is 4.39 Å². The third-order valence-corrected chi connectivity index (χ3v) is 5.15. The molecule has 1 atom stereocenters. The fraction of sp³-hybridized carbons (Fsp3) is 0.647. The van der Waals surface area contributed by atoms with Gasteiger partial charge in [-0.3, -0.25) is 9.59 Å². The van der Waals surface area contributed by atoms with Crippen LogP contribution in [0.2, 0.25) is 0 Å². The first-order valence-corrected chi connectivity index (χ1v) is 8.27. The van der Waals surface area contributed by atoms with Crippen molar-refractivity contribution in [3.63, 3.8) is 0 Å². The molecule has 118 valence electrons.